The Kier molecular flexibility index (Phi) is 2.94. The van der Waals surface area contributed by atoms with Crippen LogP contribution >= 0.6 is 0 Å². The fraction of sp³-hybridized carbons (Fsp3) is 0.200. The van der Waals surface area contributed by atoms with Gasteiger partial charge < -0.3 is 16.0 Å². The fourth-order valence-corrected chi connectivity index (χ4v) is 1.30. The smallest absolute Gasteiger partial charge is 0.129 e. The van der Waals surface area contributed by atoms with Crippen molar-refractivity contribution < 1.29 is 0 Å². The number of rotatable bonds is 4. The lowest BCUT2D eigenvalue weighted by Gasteiger charge is -2.04. The van der Waals surface area contributed by atoms with Gasteiger partial charge in [0.15, 0.2) is 0 Å². The molecule has 15 heavy (non-hydrogen) atoms. The van der Waals surface area contributed by atoms with Gasteiger partial charge in [-0.05, 0) is 6.07 Å². The molecule has 78 valence electrons. The maximum atomic E-state index is 5.40. The number of hydrogen-bond acceptors (Lipinski definition) is 4. The van der Waals surface area contributed by atoms with Crippen LogP contribution in [0.25, 0.3) is 11.3 Å². The monoisotopic (exact) mass is 203 g/mol. The summed E-state index contributed by atoms with van der Waals surface area (Å²) in [7, 11) is 0. The molecule has 0 unspecified atom stereocenters. The van der Waals surface area contributed by atoms with Crippen LogP contribution in [0.1, 0.15) is 0 Å². The highest BCUT2D eigenvalue weighted by atomic mass is 15.0. The Morgan fingerprint density at radius 3 is 3.07 bits per heavy atom. The van der Waals surface area contributed by atoms with E-state index in [0.717, 1.165) is 17.1 Å². The predicted octanol–water partition coefficient (Wildman–Crippen LogP) is 0.842. The largest absolute Gasteiger partial charge is 0.369 e. The molecule has 4 N–H and O–H groups in total. The fourth-order valence-electron chi connectivity index (χ4n) is 1.30. The van der Waals surface area contributed by atoms with Crippen LogP contribution in [0.2, 0.25) is 0 Å². The number of nitrogens with two attached hydrogens (primary N) is 1. The lowest BCUT2D eigenvalue weighted by molar-refractivity contribution is 1.00. The van der Waals surface area contributed by atoms with Crippen molar-refractivity contribution >= 4 is 5.82 Å². The zero-order valence-electron chi connectivity index (χ0n) is 8.27. The van der Waals surface area contributed by atoms with Crippen LogP contribution < -0.4 is 11.1 Å². The van der Waals surface area contributed by atoms with Crippen LogP contribution in [-0.2, 0) is 0 Å². The van der Waals surface area contributed by atoms with E-state index in [-0.39, 0.29) is 0 Å². The Balaban J connectivity index is 2.19. The van der Waals surface area contributed by atoms with Crippen LogP contribution in [0.3, 0.4) is 0 Å². The van der Waals surface area contributed by atoms with Gasteiger partial charge in [-0.25, -0.2) is 9.97 Å². The second-order valence-electron chi connectivity index (χ2n) is 3.10. The quantitative estimate of drug-likeness (QED) is 0.688. The van der Waals surface area contributed by atoms with E-state index in [9.17, 15) is 0 Å². The maximum absolute atomic E-state index is 5.40. The van der Waals surface area contributed by atoms with E-state index in [2.05, 4.69) is 20.3 Å². The van der Waals surface area contributed by atoms with Crippen molar-refractivity contribution in [3.05, 3.63) is 30.9 Å². The number of H-pyrrole nitrogens is 1. The normalized spacial score (nSPS) is 10.2. The molecule has 2 aromatic rings. The van der Waals surface area contributed by atoms with Gasteiger partial charge in [0.25, 0.3) is 0 Å². The van der Waals surface area contributed by atoms with E-state index in [1.54, 1.807) is 6.33 Å². The average molecular weight is 203 g/mol. The van der Waals surface area contributed by atoms with E-state index in [0.29, 0.717) is 13.1 Å². The third-order valence-electron chi connectivity index (χ3n) is 2.01. The zero-order valence-corrected chi connectivity index (χ0v) is 8.27. The van der Waals surface area contributed by atoms with Gasteiger partial charge >= 0.3 is 0 Å². The molecule has 5 nitrogen and oxygen atoms in total. The lowest BCUT2D eigenvalue weighted by Crippen LogP contribution is -2.13. The van der Waals surface area contributed by atoms with Crippen LogP contribution in [0.15, 0.2) is 30.9 Å². The molecule has 0 fully saturated rings. The summed E-state index contributed by atoms with van der Waals surface area (Å²) in [5, 5.41) is 3.11. The van der Waals surface area contributed by atoms with E-state index < -0.39 is 0 Å². The molecule has 0 aliphatic heterocycles. The molecular formula is C10H13N5. The second kappa shape index (κ2) is 4.56. The van der Waals surface area contributed by atoms with Gasteiger partial charge in [-0.2, -0.15) is 0 Å². The molecule has 0 aromatic carbocycles. The molecule has 0 atom stereocenters. The number of nitrogens with one attached hydrogen (secondary N) is 2. The summed E-state index contributed by atoms with van der Waals surface area (Å²) in [6, 6.07) is 3.87. The molecule has 0 amide bonds. The first-order valence-electron chi connectivity index (χ1n) is 4.79. The summed E-state index contributed by atoms with van der Waals surface area (Å²) < 4.78 is 0. The Labute approximate surface area is 87.8 Å². The summed E-state index contributed by atoms with van der Waals surface area (Å²) in [4.78, 5) is 11.3. The highest BCUT2D eigenvalue weighted by Crippen LogP contribution is 2.17. The number of aromatic nitrogens is 3. The first-order chi connectivity index (χ1) is 7.40. The summed E-state index contributed by atoms with van der Waals surface area (Å²) in [6.45, 7) is 1.30. The van der Waals surface area contributed by atoms with E-state index >= 15 is 0 Å². The van der Waals surface area contributed by atoms with Gasteiger partial charge in [-0.1, -0.05) is 0 Å². The minimum absolute atomic E-state index is 0.587. The van der Waals surface area contributed by atoms with Gasteiger partial charge in [0.1, 0.15) is 12.1 Å². The highest BCUT2D eigenvalue weighted by Gasteiger charge is 2.00. The molecule has 0 bridgehead atoms. The molecule has 0 spiro atoms. The maximum Gasteiger partial charge on any atom is 0.129 e. The minimum atomic E-state index is 0.587. The second-order valence-corrected chi connectivity index (χ2v) is 3.10. The Hall–Kier alpha value is -1.88. The lowest BCUT2D eigenvalue weighted by atomic mass is 10.2. The first-order valence-corrected chi connectivity index (χ1v) is 4.79. The third kappa shape index (κ3) is 2.32. The van der Waals surface area contributed by atoms with Crippen LogP contribution in [0.5, 0.6) is 0 Å². The van der Waals surface area contributed by atoms with Crippen molar-refractivity contribution in [3.63, 3.8) is 0 Å². The number of aromatic amines is 1. The average Bonchev–Trinajstić information content (AvgIpc) is 2.80. The van der Waals surface area contributed by atoms with Crippen LogP contribution in [0.4, 0.5) is 5.82 Å². The standard InChI is InChI=1S/C10H13N5/c11-2-4-13-10-5-9(14-7-15-10)8-1-3-12-6-8/h1,3,5-7,12H,2,4,11H2,(H,13,14,15). The van der Waals surface area contributed by atoms with Crippen LogP contribution in [-0.4, -0.2) is 28.0 Å². The predicted molar refractivity (Wildman–Crippen MR) is 59.4 cm³/mol. The summed E-state index contributed by atoms with van der Waals surface area (Å²) in [6.07, 6.45) is 5.31. The van der Waals surface area contributed by atoms with Gasteiger partial charge in [0.2, 0.25) is 0 Å². The highest BCUT2D eigenvalue weighted by molar-refractivity contribution is 5.61. The molecule has 0 aliphatic rings. The van der Waals surface area contributed by atoms with Crippen molar-refractivity contribution in [1.82, 2.24) is 15.0 Å². The molecule has 0 aliphatic carbocycles. The van der Waals surface area contributed by atoms with Gasteiger partial charge in [-0.3, -0.25) is 0 Å². The topological polar surface area (TPSA) is 79.6 Å². The third-order valence-corrected chi connectivity index (χ3v) is 2.01. The molecular weight excluding hydrogens is 190 g/mol. The summed E-state index contributed by atoms with van der Waals surface area (Å²) in [5.41, 5.74) is 7.34. The van der Waals surface area contributed by atoms with Crippen molar-refractivity contribution in [2.75, 3.05) is 18.4 Å². The number of nitrogens with zero attached hydrogens (tertiary/aromatic N) is 2. The molecule has 5 heteroatoms. The van der Waals surface area contributed by atoms with E-state index in [4.69, 9.17) is 5.73 Å². The summed E-state index contributed by atoms with van der Waals surface area (Å²) >= 11 is 0. The molecule has 2 rings (SSSR count). The first kappa shape index (κ1) is 9.67. The van der Waals surface area contributed by atoms with Gasteiger partial charge in [0.05, 0.1) is 5.69 Å². The van der Waals surface area contributed by atoms with Crippen molar-refractivity contribution in [2.45, 2.75) is 0 Å². The molecule has 2 heterocycles. The van der Waals surface area contributed by atoms with E-state index in [1.165, 1.54) is 0 Å². The number of anilines is 1. The Morgan fingerprint density at radius 1 is 1.40 bits per heavy atom. The minimum Gasteiger partial charge on any atom is -0.369 e. The molecule has 0 saturated carbocycles. The Bertz CT molecular complexity index is 410. The Morgan fingerprint density at radius 2 is 2.33 bits per heavy atom. The zero-order chi connectivity index (χ0) is 10.5. The summed E-state index contributed by atoms with van der Waals surface area (Å²) in [5.74, 6) is 0.798. The van der Waals surface area contributed by atoms with Crippen LogP contribution in [0, 0.1) is 0 Å². The van der Waals surface area contributed by atoms with Crippen molar-refractivity contribution in [2.24, 2.45) is 5.73 Å². The van der Waals surface area contributed by atoms with Crippen molar-refractivity contribution in [3.8, 4) is 11.3 Å². The molecule has 2 aromatic heterocycles. The molecule has 0 saturated heterocycles. The van der Waals surface area contributed by atoms with E-state index in [1.807, 2.05) is 24.5 Å². The van der Waals surface area contributed by atoms with Gasteiger partial charge in [-0.15, -0.1) is 0 Å². The number of hydrogen-bond donors (Lipinski definition) is 3. The molecule has 0 radical (unpaired) electrons. The SMILES string of the molecule is NCCNc1cc(-c2cc[nH]c2)ncn1. The van der Waals surface area contributed by atoms with Gasteiger partial charge in [0, 0.05) is 37.1 Å². The van der Waals surface area contributed by atoms with Crippen molar-refractivity contribution in [1.29, 1.82) is 0 Å².